The minimum atomic E-state index is -0.160. The van der Waals surface area contributed by atoms with Crippen molar-refractivity contribution in [2.45, 2.75) is 6.92 Å². The van der Waals surface area contributed by atoms with E-state index in [1.165, 1.54) is 6.07 Å². The summed E-state index contributed by atoms with van der Waals surface area (Å²) in [5.41, 5.74) is 2.11. The average molecular weight is 289 g/mol. The van der Waals surface area contributed by atoms with E-state index in [9.17, 15) is 4.79 Å². The Kier molecular flexibility index (Phi) is 3.48. The fraction of sp³-hybridized carbons (Fsp3) is 0.0833. The highest BCUT2D eigenvalue weighted by atomic mass is 35.5. The third kappa shape index (κ3) is 2.49. The van der Waals surface area contributed by atoms with Gasteiger partial charge in [0.1, 0.15) is 0 Å². The van der Waals surface area contributed by atoms with Crippen molar-refractivity contribution in [3.63, 3.8) is 0 Å². The summed E-state index contributed by atoms with van der Waals surface area (Å²) in [7, 11) is 0. The van der Waals surface area contributed by atoms with Crippen molar-refractivity contribution in [1.82, 2.24) is 4.98 Å². The predicted molar refractivity (Wildman–Crippen MR) is 72.3 cm³/mol. The van der Waals surface area contributed by atoms with Crippen LogP contribution in [0.25, 0.3) is 11.1 Å². The Morgan fingerprint density at radius 1 is 1.06 bits per heavy atom. The van der Waals surface area contributed by atoms with Gasteiger partial charge in [-0.2, -0.15) is 0 Å². The van der Waals surface area contributed by atoms with Crippen LogP contribution in [0.1, 0.15) is 5.56 Å². The molecule has 1 heterocycles. The summed E-state index contributed by atoms with van der Waals surface area (Å²) in [5, 5.41) is 1.39. The third-order valence-electron chi connectivity index (χ3n) is 2.41. The second kappa shape index (κ2) is 4.73. The Labute approximate surface area is 113 Å². The first-order chi connectivity index (χ1) is 7.99. The van der Waals surface area contributed by atoms with E-state index in [2.05, 4.69) is 4.98 Å². The minimum Gasteiger partial charge on any atom is -0.328 e. The average Bonchev–Trinajstić information content (AvgIpc) is 2.19. The summed E-state index contributed by atoms with van der Waals surface area (Å²) in [5.74, 6) is 0. The number of hydrogen-bond donors (Lipinski definition) is 1. The van der Waals surface area contributed by atoms with E-state index < -0.39 is 0 Å². The van der Waals surface area contributed by atoms with Gasteiger partial charge >= 0.3 is 0 Å². The van der Waals surface area contributed by atoms with Crippen molar-refractivity contribution < 1.29 is 0 Å². The fourth-order valence-corrected chi connectivity index (χ4v) is 2.66. The second-order valence-electron chi connectivity index (χ2n) is 3.64. The number of rotatable bonds is 1. The molecule has 0 saturated heterocycles. The first kappa shape index (κ1) is 12.5. The van der Waals surface area contributed by atoms with Crippen molar-refractivity contribution in [2.24, 2.45) is 0 Å². The number of pyridine rings is 1. The zero-order valence-electron chi connectivity index (χ0n) is 8.85. The molecule has 2 rings (SSSR count). The van der Waals surface area contributed by atoms with Crippen molar-refractivity contribution in [3.05, 3.63) is 55.4 Å². The molecule has 0 aliphatic heterocycles. The van der Waals surface area contributed by atoms with Gasteiger partial charge in [0.05, 0.1) is 10.0 Å². The lowest BCUT2D eigenvalue weighted by Crippen LogP contribution is -2.04. The van der Waals surface area contributed by atoms with Crippen LogP contribution in [-0.2, 0) is 0 Å². The van der Waals surface area contributed by atoms with Crippen LogP contribution in [0.3, 0.4) is 0 Å². The zero-order chi connectivity index (χ0) is 12.6. The number of aromatic amines is 1. The molecule has 0 fully saturated rings. The Hall–Kier alpha value is -0.960. The van der Waals surface area contributed by atoms with E-state index in [4.69, 9.17) is 34.8 Å². The van der Waals surface area contributed by atoms with Gasteiger partial charge in [-0.15, -0.1) is 0 Å². The van der Waals surface area contributed by atoms with Gasteiger partial charge in [0, 0.05) is 28.4 Å². The molecule has 0 aliphatic rings. The molecule has 5 heteroatoms. The predicted octanol–water partition coefficient (Wildman–Crippen LogP) is 4.31. The first-order valence-electron chi connectivity index (χ1n) is 4.83. The summed E-state index contributed by atoms with van der Waals surface area (Å²) in [4.78, 5) is 13.8. The van der Waals surface area contributed by atoms with Gasteiger partial charge in [-0.3, -0.25) is 4.79 Å². The molecule has 17 heavy (non-hydrogen) atoms. The maximum Gasteiger partial charge on any atom is 0.248 e. The van der Waals surface area contributed by atoms with Crippen molar-refractivity contribution in [2.75, 3.05) is 0 Å². The molecule has 0 aliphatic carbocycles. The van der Waals surface area contributed by atoms with Crippen LogP contribution in [0.15, 0.2) is 29.2 Å². The lowest BCUT2D eigenvalue weighted by molar-refractivity contribution is 1.21. The molecule has 0 amide bonds. The molecule has 0 bridgehead atoms. The molecule has 0 radical (unpaired) electrons. The molecule has 88 valence electrons. The standard InChI is InChI=1S/C12H8Cl3NO/c1-6-2-11(17)16-5-8(6)12-9(14)3-7(13)4-10(12)15/h2-5H,1H3,(H,16,17). The number of aryl methyl sites for hydroxylation is 1. The molecule has 0 atom stereocenters. The minimum absolute atomic E-state index is 0.160. The van der Waals surface area contributed by atoms with Crippen LogP contribution in [0.2, 0.25) is 15.1 Å². The highest BCUT2D eigenvalue weighted by Crippen LogP contribution is 2.37. The van der Waals surface area contributed by atoms with E-state index in [0.717, 1.165) is 11.1 Å². The topological polar surface area (TPSA) is 32.9 Å². The molecule has 2 aromatic rings. The normalized spacial score (nSPS) is 10.6. The maximum absolute atomic E-state index is 11.2. The summed E-state index contributed by atoms with van der Waals surface area (Å²) in [6.45, 7) is 1.83. The molecule has 0 unspecified atom stereocenters. The van der Waals surface area contributed by atoms with Crippen molar-refractivity contribution >= 4 is 34.8 Å². The Morgan fingerprint density at radius 3 is 2.18 bits per heavy atom. The van der Waals surface area contributed by atoms with Crippen LogP contribution in [0.4, 0.5) is 0 Å². The van der Waals surface area contributed by atoms with Crippen LogP contribution in [0.5, 0.6) is 0 Å². The molecule has 1 aromatic carbocycles. The van der Waals surface area contributed by atoms with Crippen LogP contribution >= 0.6 is 34.8 Å². The highest BCUT2D eigenvalue weighted by molar-refractivity contribution is 6.41. The molecule has 1 aromatic heterocycles. The number of benzene rings is 1. The van der Waals surface area contributed by atoms with Gasteiger partial charge in [-0.05, 0) is 24.6 Å². The Morgan fingerprint density at radius 2 is 1.65 bits per heavy atom. The van der Waals surface area contributed by atoms with Gasteiger partial charge in [0.2, 0.25) is 5.56 Å². The third-order valence-corrected chi connectivity index (χ3v) is 3.22. The zero-order valence-corrected chi connectivity index (χ0v) is 11.1. The monoisotopic (exact) mass is 287 g/mol. The number of nitrogens with one attached hydrogen (secondary N) is 1. The number of aromatic nitrogens is 1. The van der Waals surface area contributed by atoms with Crippen LogP contribution < -0.4 is 5.56 Å². The summed E-state index contributed by atoms with van der Waals surface area (Å²) >= 11 is 18.1. The van der Waals surface area contributed by atoms with E-state index in [1.54, 1.807) is 18.3 Å². The fourth-order valence-electron chi connectivity index (χ4n) is 1.64. The number of H-pyrrole nitrogens is 1. The van der Waals surface area contributed by atoms with E-state index in [1.807, 2.05) is 6.92 Å². The second-order valence-corrected chi connectivity index (χ2v) is 4.89. The van der Waals surface area contributed by atoms with Crippen LogP contribution in [0, 0.1) is 6.92 Å². The van der Waals surface area contributed by atoms with E-state index >= 15 is 0 Å². The molecule has 0 spiro atoms. The van der Waals surface area contributed by atoms with Gasteiger partial charge in [-0.25, -0.2) is 0 Å². The number of hydrogen-bond acceptors (Lipinski definition) is 1. The summed E-state index contributed by atoms with van der Waals surface area (Å²) < 4.78 is 0. The summed E-state index contributed by atoms with van der Waals surface area (Å²) in [6, 6.07) is 4.74. The Balaban J connectivity index is 2.73. The first-order valence-corrected chi connectivity index (χ1v) is 5.96. The molecular weight excluding hydrogens is 280 g/mol. The van der Waals surface area contributed by atoms with Gasteiger partial charge < -0.3 is 4.98 Å². The quantitative estimate of drug-likeness (QED) is 0.833. The molecule has 0 saturated carbocycles. The smallest absolute Gasteiger partial charge is 0.248 e. The summed E-state index contributed by atoms with van der Waals surface area (Å²) in [6.07, 6.45) is 1.60. The van der Waals surface area contributed by atoms with E-state index in [-0.39, 0.29) is 5.56 Å². The lowest BCUT2D eigenvalue weighted by atomic mass is 10.0. The van der Waals surface area contributed by atoms with Crippen molar-refractivity contribution in [3.8, 4) is 11.1 Å². The highest BCUT2D eigenvalue weighted by Gasteiger charge is 2.12. The largest absolute Gasteiger partial charge is 0.328 e. The SMILES string of the molecule is Cc1cc(=O)[nH]cc1-c1c(Cl)cc(Cl)cc1Cl. The molecule has 1 N–H and O–H groups in total. The maximum atomic E-state index is 11.2. The molecular formula is C12H8Cl3NO. The van der Waals surface area contributed by atoms with Crippen LogP contribution in [-0.4, -0.2) is 4.98 Å². The molecule has 2 nitrogen and oxygen atoms in total. The Bertz CT molecular complexity index is 611. The van der Waals surface area contributed by atoms with Gasteiger partial charge in [0.25, 0.3) is 0 Å². The van der Waals surface area contributed by atoms with Gasteiger partial charge in [-0.1, -0.05) is 34.8 Å². The van der Waals surface area contributed by atoms with E-state index in [0.29, 0.717) is 20.6 Å². The van der Waals surface area contributed by atoms with Crippen molar-refractivity contribution in [1.29, 1.82) is 0 Å². The van der Waals surface area contributed by atoms with Gasteiger partial charge in [0.15, 0.2) is 0 Å². The number of halogens is 3. The lowest BCUT2D eigenvalue weighted by Gasteiger charge is -2.10.